The lowest BCUT2D eigenvalue weighted by Crippen LogP contribution is -2.26. The molecule has 1 aliphatic rings. The number of hydrogen-bond acceptors (Lipinski definition) is 7. The Balaban J connectivity index is 1.87. The van der Waals surface area contributed by atoms with Crippen LogP contribution in [0.3, 0.4) is 0 Å². The average Bonchev–Trinajstić information content (AvgIpc) is 2.97. The summed E-state index contributed by atoms with van der Waals surface area (Å²) in [4.78, 5) is 34.9. The number of non-ortho nitro benzene ring substituents is 1. The van der Waals surface area contributed by atoms with Gasteiger partial charge in [-0.15, -0.1) is 0 Å². The van der Waals surface area contributed by atoms with E-state index < -0.39 is 17.0 Å². The van der Waals surface area contributed by atoms with Gasteiger partial charge in [-0.2, -0.15) is 0 Å². The van der Waals surface area contributed by atoms with Gasteiger partial charge in [-0.3, -0.25) is 14.9 Å². The number of esters is 1. The molecule has 3 rings (SSSR count). The Morgan fingerprint density at radius 1 is 1.31 bits per heavy atom. The Morgan fingerprint density at radius 3 is 2.76 bits per heavy atom. The summed E-state index contributed by atoms with van der Waals surface area (Å²) in [5, 5.41) is 10.9. The number of nitro groups is 1. The number of ketones is 1. The lowest BCUT2D eigenvalue weighted by Gasteiger charge is -2.14. The molecule has 0 N–H and O–H groups in total. The Morgan fingerprint density at radius 2 is 2.07 bits per heavy atom. The molecule has 8 nitrogen and oxygen atoms in total. The first-order chi connectivity index (χ1) is 13.8. The lowest BCUT2D eigenvalue weighted by atomic mass is 10.0. The second kappa shape index (κ2) is 8.14. The van der Waals surface area contributed by atoms with Gasteiger partial charge in [0.05, 0.1) is 17.1 Å². The maximum absolute atomic E-state index is 12.7. The molecule has 1 aliphatic heterocycles. The summed E-state index contributed by atoms with van der Waals surface area (Å²) in [6.45, 7) is 5.26. The maximum Gasteiger partial charge on any atom is 0.347 e. The molecule has 0 fully saturated rings. The molecule has 0 saturated heterocycles. The lowest BCUT2D eigenvalue weighted by molar-refractivity contribution is -0.384. The minimum atomic E-state index is -0.815. The van der Waals surface area contributed by atoms with Crippen molar-refractivity contribution >= 4 is 23.5 Å². The molecule has 1 unspecified atom stereocenters. The van der Waals surface area contributed by atoms with Crippen LogP contribution >= 0.6 is 0 Å². The molecule has 0 amide bonds. The molecule has 2 aromatic rings. The van der Waals surface area contributed by atoms with Crippen LogP contribution in [0, 0.1) is 17.0 Å². The van der Waals surface area contributed by atoms with E-state index in [1.165, 1.54) is 30.3 Å². The number of benzene rings is 2. The molecule has 150 valence electrons. The highest BCUT2D eigenvalue weighted by Gasteiger charge is 2.30. The minimum Gasteiger partial charge on any atom is -0.479 e. The number of aryl methyl sites for hydroxylation is 1. The Labute approximate surface area is 166 Å². The SMILES string of the molecule is CCOC(=O)C(C)Oc1cc(C)c2c(c1)O/C(=C\c1cccc([N+](=O)[O-])c1)C2=O. The third-order valence-corrected chi connectivity index (χ3v) is 4.25. The molecular weight excluding hydrogens is 378 g/mol. The van der Waals surface area contributed by atoms with Gasteiger partial charge >= 0.3 is 5.97 Å². The van der Waals surface area contributed by atoms with E-state index in [0.717, 1.165) is 0 Å². The van der Waals surface area contributed by atoms with Gasteiger partial charge in [-0.05, 0) is 44.0 Å². The van der Waals surface area contributed by atoms with Crippen molar-refractivity contribution in [3.8, 4) is 11.5 Å². The quantitative estimate of drug-likeness (QED) is 0.315. The highest BCUT2D eigenvalue weighted by atomic mass is 16.6. The first kappa shape index (κ1) is 20.1. The van der Waals surface area contributed by atoms with Crippen molar-refractivity contribution < 1.29 is 28.7 Å². The van der Waals surface area contributed by atoms with E-state index in [2.05, 4.69) is 0 Å². The maximum atomic E-state index is 12.7. The highest BCUT2D eigenvalue weighted by molar-refractivity contribution is 6.15. The zero-order chi connectivity index (χ0) is 21.1. The molecule has 1 atom stereocenters. The molecular formula is C21H19NO7. The molecule has 0 aliphatic carbocycles. The van der Waals surface area contributed by atoms with Crippen molar-refractivity contribution in [2.45, 2.75) is 26.9 Å². The van der Waals surface area contributed by atoms with E-state index in [9.17, 15) is 19.7 Å². The van der Waals surface area contributed by atoms with Crippen LogP contribution in [-0.2, 0) is 9.53 Å². The molecule has 0 spiro atoms. The number of ether oxygens (including phenoxy) is 3. The second-order valence-corrected chi connectivity index (χ2v) is 6.42. The van der Waals surface area contributed by atoms with Gasteiger partial charge < -0.3 is 14.2 Å². The number of fused-ring (bicyclic) bond motifs is 1. The van der Waals surface area contributed by atoms with E-state index in [0.29, 0.717) is 28.2 Å². The van der Waals surface area contributed by atoms with E-state index in [4.69, 9.17) is 14.2 Å². The zero-order valence-corrected chi connectivity index (χ0v) is 16.1. The molecule has 2 aromatic carbocycles. The van der Waals surface area contributed by atoms with Crippen LogP contribution in [0.1, 0.15) is 35.3 Å². The number of carbonyl (C=O) groups excluding carboxylic acids is 2. The Kier molecular flexibility index (Phi) is 5.63. The largest absolute Gasteiger partial charge is 0.479 e. The number of Topliss-reactive ketones (excluding diaryl/α,β-unsaturated/α-hetero) is 1. The third kappa shape index (κ3) is 4.26. The van der Waals surface area contributed by atoms with Crippen LogP contribution in [0.25, 0.3) is 6.08 Å². The average molecular weight is 397 g/mol. The predicted molar refractivity (Wildman–Crippen MR) is 104 cm³/mol. The van der Waals surface area contributed by atoms with Gasteiger partial charge in [0.1, 0.15) is 11.5 Å². The van der Waals surface area contributed by atoms with Gasteiger partial charge in [0.2, 0.25) is 5.78 Å². The molecule has 0 aromatic heterocycles. The monoisotopic (exact) mass is 397 g/mol. The van der Waals surface area contributed by atoms with Crippen molar-refractivity contribution in [2.24, 2.45) is 0 Å². The fourth-order valence-electron chi connectivity index (χ4n) is 2.94. The van der Waals surface area contributed by atoms with Crippen molar-refractivity contribution in [2.75, 3.05) is 6.61 Å². The molecule has 0 saturated carbocycles. The van der Waals surface area contributed by atoms with Gasteiger partial charge in [0.25, 0.3) is 5.69 Å². The summed E-state index contributed by atoms with van der Waals surface area (Å²) in [6.07, 6.45) is 0.640. The Hall–Kier alpha value is -3.68. The normalized spacial score (nSPS) is 14.9. The van der Waals surface area contributed by atoms with E-state index >= 15 is 0 Å². The van der Waals surface area contributed by atoms with Crippen LogP contribution in [-0.4, -0.2) is 29.4 Å². The fourth-order valence-corrected chi connectivity index (χ4v) is 2.94. The number of rotatable bonds is 6. The molecule has 0 bridgehead atoms. The molecule has 29 heavy (non-hydrogen) atoms. The molecule has 0 radical (unpaired) electrons. The summed E-state index contributed by atoms with van der Waals surface area (Å²) in [6, 6.07) is 9.07. The van der Waals surface area contributed by atoms with Crippen LogP contribution in [0.15, 0.2) is 42.2 Å². The third-order valence-electron chi connectivity index (χ3n) is 4.25. The van der Waals surface area contributed by atoms with E-state index in [1.54, 1.807) is 32.9 Å². The standard InChI is InChI=1S/C21H19NO7/c1-4-27-21(24)13(3)28-16-8-12(2)19-17(11-16)29-18(20(19)23)10-14-6-5-7-15(9-14)22(25)26/h5-11,13H,4H2,1-3H3/b18-10-. The number of hydrogen-bond donors (Lipinski definition) is 0. The van der Waals surface area contributed by atoms with Crippen LogP contribution in [0.5, 0.6) is 11.5 Å². The Bertz CT molecular complexity index is 1030. The van der Waals surface area contributed by atoms with E-state index in [-0.39, 0.29) is 23.8 Å². The number of nitrogens with zero attached hydrogens (tertiary/aromatic N) is 1. The van der Waals surface area contributed by atoms with Crippen molar-refractivity contribution in [1.82, 2.24) is 0 Å². The molecule has 8 heteroatoms. The topological polar surface area (TPSA) is 105 Å². The number of carbonyl (C=O) groups is 2. The van der Waals surface area contributed by atoms with Gasteiger partial charge in [0, 0.05) is 18.2 Å². The highest BCUT2D eigenvalue weighted by Crippen LogP contribution is 2.38. The number of nitro benzene ring substituents is 1. The van der Waals surface area contributed by atoms with E-state index in [1.807, 2.05) is 0 Å². The first-order valence-corrected chi connectivity index (χ1v) is 8.96. The van der Waals surface area contributed by atoms with Gasteiger partial charge in [0.15, 0.2) is 11.9 Å². The summed E-state index contributed by atoms with van der Waals surface area (Å²) in [5.74, 6) is -0.0916. The second-order valence-electron chi connectivity index (χ2n) is 6.42. The van der Waals surface area contributed by atoms with Gasteiger partial charge in [-0.1, -0.05) is 12.1 Å². The number of allylic oxidation sites excluding steroid dienone is 1. The van der Waals surface area contributed by atoms with Crippen molar-refractivity contribution in [3.05, 3.63) is 69.0 Å². The van der Waals surface area contributed by atoms with Crippen LogP contribution < -0.4 is 9.47 Å². The van der Waals surface area contributed by atoms with Crippen LogP contribution in [0.2, 0.25) is 0 Å². The first-order valence-electron chi connectivity index (χ1n) is 8.96. The minimum absolute atomic E-state index is 0.0548. The summed E-state index contributed by atoms with van der Waals surface area (Å²) < 4.78 is 16.2. The van der Waals surface area contributed by atoms with Crippen LogP contribution in [0.4, 0.5) is 5.69 Å². The summed E-state index contributed by atoms with van der Waals surface area (Å²) >= 11 is 0. The molecule has 1 heterocycles. The predicted octanol–water partition coefficient (Wildman–Crippen LogP) is 3.85. The summed E-state index contributed by atoms with van der Waals surface area (Å²) in [5.41, 5.74) is 1.40. The van der Waals surface area contributed by atoms with Gasteiger partial charge in [-0.25, -0.2) is 4.79 Å². The van der Waals surface area contributed by atoms with Crippen molar-refractivity contribution in [3.63, 3.8) is 0 Å². The summed E-state index contributed by atoms with van der Waals surface area (Å²) in [7, 11) is 0. The fraction of sp³-hybridized carbons (Fsp3) is 0.238. The zero-order valence-electron chi connectivity index (χ0n) is 16.1. The smallest absolute Gasteiger partial charge is 0.347 e. The van der Waals surface area contributed by atoms with Crippen molar-refractivity contribution in [1.29, 1.82) is 0 Å².